The number of hydrogen-bond acceptors (Lipinski definition) is 5. The smallest absolute Gasteiger partial charge is 0.253 e. The quantitative estimate of drug-likeness (QED) is 0.803. The molecule has 1 heterocycles. The number of sulfonamides is 1. The summed E-state index contributed by atoms with van der Waals surface area (Å²) in [7, 11) is -3.57. The van der Waals surface area contributed by atoms with Gasteiger partial charge in [0.1, 0.15) is 6.42 Å². The third-order valence-corrected chi connectivity index (χ3v) is 6.47. The van der Waals surface area contributed by atoms with Crippen LogP contribution in [0, 0.1) is 11.3 Å². The normalized spacial score (nSPS) is 14.8. The van der Waals surface area contributed by atoms with Gasteiger partial charge in [0.25, 0.3) is 5.91 Å². The number of nitriles is 1. The molecule has 8 nitrogen and oxygen atoms in total. The molecule has 0 saturated carbocycles. The van der Waals surface area contributed by atoms with Gasteiger partial charge in [-0.2, -0.15) is 9.57 Å². The Morgan fingerprint density at radius 1 is 0.966 bits per heavy atom. The van der Waals surface area contributed by atoms with E-state index in [1.807, 2.05) is 0 Å². The average Bonchev–Trinajstić information content (AvgIpc) is 2.75. The third-order valence-electron chi connectivity index (χ3n) is 4.56. The van der Waals surface area contributed by atoms with Gasteiger partial charge in [-0.15, -0.1) is 0 Å². The summed E-state index contributed by atoms with van der Waals surface area (Å²) in [6, 6.07) is 16.4. The minimum Gasteiger partial charge on any atom is -0.336 e. The van der Waals surface area contributed by atoms with Crippen molar-refractivity contribution in [3.63, 3.8) is 0 Å². The average molecular weight is 412 g/mol. The number of nitrogens with one attached hydrogen (secondary N) is 1. The molecule has 1 saturated heterocycles. The molecule has 150 valence electrons. The first-order valence-corrected chi connectivity index (χ1v) is 10.5. The monoisotopic (exact) mass is 412 g/mol. The Morgan fingerprint density at radius 2 is 1.59 bits per heavy atom. The summed E-state index contributed by atoms with van der Waals surface area (Å²) in [6.07, 6.45) is -0.239. The van der Waals surface area contributed by atoms with Gasteiger partial charge in [0.15, 0.2) is 0 Å². The van der Waals surface area contributed by atoms with Gasteiger partial charge in [0, 0.05) is 37.4 Å². The Labute approximate surface area is 169 Å². The summed E-state index contributed by atoms with van der Waals surface area (Å²) in [6.45, 7) is 1.05. The van der Waals surface area contributed by atoms with Crippen molar-refractivity contribution in [1.82, 2.24) is 9.21 Å². The summed E-state index contributed by atoms with van der Waals surface area (Å²) in [5.74, 6) is -0.612. The van der Waals surface area contributed by atoms with Crippen molar-refractivity contribution in [3.05, 3.63) is 60.2 Å². The van der Waals surface area contributed by atoms with Gasteiger partial charge in [-0.1, -0.05) is 18.2 Å². The van der Waals surface area contributed by atoms with E-state index >= 15 is 0 Å². The zero-order chi connectivity index (χ0) is 20.9. The van der Waals surface area contributed by atoms with Gasteiger partial charge in [0.05, 0.1) is 11.0 Å². The molecule has 2 aromatic carbocycles. The summed E-state index contributed by atoms with van der Waals surface area (Å²) >= 11 is 0. The molecule has 0 spiro atoms. The first kappa shape index (κ1) is 20.5. The Hall–Kier alpha value is -3.22. The molecule has 3 rings (SSSR count). The lowest BCUT2D eigenvalue weighted by Gasteiger charge is -2.34. The molecule has 0 atom stereocenters. The number of hydrogen-bond donors (Lipinski definition) is 1. The number of anilines is 1. The highest BCUT2D eigenvalue weighted by atomic mass is 32.2. The minimum atomic E-state index is -3.57. The Bertz CT molecular complexity index is 1020. The fraction of sp³-hybridized carbons (Fsp3) is 0.250. The van der Waals surface area contributed by atoms with E-state index in [4.69, 9.17) is 5.26 Å². The lowest BCUT2D eigenvalue weighted by atomic mass is 10.1. The van der Waals surface area contributed by atoms with Crippen LogP contribution in [0.15, 0.2) is 59.5 Å². The summed E-state index contributed by atoms with van der Waals surface area (Å²) in [4.78, 5) is 26.0. The van der Waals surface area contributed by atoms with E-state index in [-0.39, 0.29) is 30.3 Å². The Morgan fingerprint density at radius 3 is 2.17 bits per heavy atom. The first-order chi connectivity index (χ1) is 13.9. The van der Waals surface area contributed by atoms with Gasteiger partial charge in [0.2, 0.25) is 15.9 Å². The highest BCUT2D eigenvalue weighted by molar-refractivity contribution is 7.89. The van der Waals surface area contributed by atoms with Crippen LogP contribution >= 0.6 is 0 Å². The third kappa shape index (κ3) is 4.80. The topological polar surface area (TPSA) is 111 Å². The van der Waals surface area contributed by atoms with Crippen molar-refractivity contribution in [2.24, 2.45) is 0 Å². The molecule has 9 heteroatoms. The number of benzene rings is 2. The maximum atomic E-state index is 12.7. The van der Waals surface area contributed by atoms with Gasteiger partial charge in [-0.3, -0.25) is 9.59 Å². The van der Waals surface area contributed by atoms with Crippen LogP contribution in [0.5, 0.6) is 0 Å². The van der Waals surface area contributed by atoms with Crippen LogP contribution in [-0.4, -0.2) is 55.6 Å². The number of rotatable bonds is 5. The Kier molecular flexibility index (Phi) is 6.26. The molecule has 1 N–H and O–H groups in total. The summed E-state index contributed by atoms with van der Waals surface area (Å²) in [5.41, 5.74) is 0.947. The molecule has 2 amide bonds. The van der Waals surface area contributed by atoms with Crippen LogP contribution < -0.4 is 5.32 Å². The highest BCUT2D eigenvalue weighted by Gasteiger charge is 2.30. The SMILES string of the molecule is N#CCC(=O)Nc1ccc(C(=O)N2CCN(S(=O)(=O)c3ccccc3)CC2)cc1. The summed E-state index contributed by atoms with van der Waals surface area (Å²) in [5, 5.41) is 11.1. The van der Waals surface area contributed by atoms with Gasteiger partial charge in [-0.05, 0) is 36.4 Å². The first-order valence-electron chi connectivity index (χ1n) is 9.03. The lowest BCUT2D eigenvalue weighted by molar-refractivity contribution is -0.115. The molecule has 0 bridgehead atoms. The second-order valence-corrected chi connectivity index (χ2v) is 8.41. The van der Waals surface area contributed by atoms with E-state index in [0.717, 1.165) is 0 Å². The maximum Gasteiger partial charge on any atom is 0.253 e. The van der Waals surface area contributed by atoms with Gasteiger partial charge < -0.3 is 10.2 Å². The minimum absolute atomic E-state index is 0.198. The van der Waals surface area contributed by atoms with E-state index in [1.165, 1.54) is 4.31 Å². The molecular formula is C20H20N4O4S. The second kappa shape index (κ2) is 8.86. The van der Waals surface area contributed by atoms with E-state index in [1.54, 1.807) is 65.6 Å². The molecule has 0 aromatic heterocycles. The van der Waals surface area contributed by atoms with Crippen LogP contribution in [0.2, 0.25) is 0 Å². The van der Waals surface area contributed by atoms with E-state index in [9.17, 15) is 18.0 Å². The van der Waals surface area contributed by atoms with Crippen molar-refractivity contribution in [2.45, 2.75) is 11.3 Å². The number of carbonyl (C=O) groups excluding carboxylic acids is 2. The molecule has 0 aliphatic carbocycles. The number of carbonyl (C=O) groups is 2. The van der Waals surface area contributed by atoms with E-state index in [0.29, 0.717) is 24.3 Å². The number of amides is 2. The zero-order valence-electron chi connectivity index (χ0n) is 15.6. The fourth-order valence-corrected chi connectivity index (χ4v) is 4.47. The number of nitrogens with zero attached hydrogens (tertiary/aromatic N) is 3. The Balaban J connectivity index is 1.60. The van der Waals surface area contributed by atoms with Crippen LogP contribution in [0.3, 0.4) is 0 Å². The molecule has 1 aliphatic rings. The van der Waals surface area contributed by atoms with Gasteiger partial charge >= 0.3 is 0 Å². The van der Waals surface area contributed by atoms with Crippen molar-refractivity contribution < 1.29 is 18.0 Å². The lowest BCUT2D eigenvalue weighted by Crippen LogP contribution is -2.50. The molecule has 2 aromatic rings. The zero-order valence-corrected chi connectivity index (χ0v) is 16.4. The second-order valence-electron chi connectivity index (χ2n) is 6.47. The number of piperazine rings is 1. The van der Waals surface area contributed by atoms with Crippen molar-refractivity contribution in [1.29, 1.82) is 5.26 Å². The standard InChI is InChI=1S/C20H20N4O4S/c21-11-10-19(25)22-17-8-6-16(7-9-17)20(26)23-12-14-24(15-13-23)29(27,28)18-4-2-1-3-5-18/h1-9H,10,12-15H2,(H,22,25). The van der Waals surface area contributed by atoms with Crippen LogP contribution in [-0.2, 0) is 14.8 Å². The largest absolute Gasteiger partial charge is 0.336 e. The molecule has 1 fully saturated rings. The highest BCUT2D eigenvalue weighted by Crippen LogP contribution is 2.19. The molecular weight excluding hydrogens is 392 g/mol. The van der Waals surface area contributed by atoms with Crippen molar-refractivity contribution in [2.75, 3.05) is 31.5 Å². The molecule has 0 radical (unpaired) electrons. The predicted molar refractivity (Wildman–Crippen MR) is 106 cm³/mol. The maximum absolute atomic E-state index is 12.7. The van der Waals surface area contributed by atoms with Gasteiger partial charge in [-0.25, -0.2) is 8.42 Å². The fourth-order valence-electron chi connectivity index (χ4n) is 3.03. The molecule has 1 aliphatic heterocycles. The van der Waals surface area contributed by atoms with E-state index < -0.39 is 15.9 Å². The van der Waals surface area contributed by atoms with Crippen molar-refractivity contribution in [3.8, 4) is 6.07 Å². The summed E-state index contributed by atoms with van der Waals surface area (Å²) < 4.78 is 26.7. The molecule has 0 unspecified atom stereocenters. The molecule has 29 heavy (non-hydrogen) atoms. The van der Waals surface area contributed by atoms with Crippen LogP contribution in [0.4, 0.5) is 5.69 Å². The predicted octanol–water partition coefficient (Wildman–Crippen LogP) is 1.69. The van der Waals surface area contributed by atoms with Crippen LogP contribution in [0.1, 0.15) is 16.8 Å². The van der Waals surface area contributed by atoms with Crippen LogP contribution in [0.25, 0.3) is 0 Å². The van der Waals surface area contributed by atoms with Crippen molar-refractivity contribution >= 4 is 27.5 Å². The van der Waals surface area contributed by atoms with E-state index in [2.05, 4.69) is 5.32 Å².